The molecule has 15 nitrogen and oxygen atoms in total. The van der Waals surface area contributed by atoms with Crippen LogP contribution in [0.25, 0.3) is 27.8 Å². The Hall–Kier alpha value is -4.92. The minimum absolute atomic E-state index is 0.0233. The van der Waals surface area contributed by atoms with Gasteiger partial charge in [-0.05, 0) is 86.5 Å². The van der Waals surface area contributed by atoms with E-state index in [1.54, 1.807) is 41.8 Å². The number of carbonyl (C=O) groups is 1. The third-order valence-corrected chi connectivity index (χ3v) is 12.3. The predicted molar refractivity (Wildman–Crippen MR) is 212 cm³/mol. The number of amides is 1. The number of benzene rings is 4. The first-order valence-electron chi connectivity index (χ1n) is 17.0. The van der Waals surface area contributed by atoms with E-state index in [9.17, 15) is 30.0 Å². The first kappa shape index (κ1) is 41.7. The van der Waals surface area contributed by atoms with Crippen LogP contribution in [0.1, 0.15) is 35.4 Å². The van der Waals surface area contributed by atoms with Crippen molar-refractivity contribution < 1.29 is 43.3 Å². The minimum Gasteiger partial charge on any atom is -0.379 e. The summed E-state index contributed by atoms with van der Waals surface area (Å²) in [7, 11) is -13.0. The van der Waals surface area contributed by atoms with Crippen LogP contribution in [0, 0.1) is 6.92 Å². The monoisotopic (exact) mass is 873 g/mol. The number of nitrogens with one attached hydrogen (secondary N) is 1. The van der Waals surface area contributed by atoms with Gasteiger partial charge in [0.2, 0.25) is 0 Å². The van der Waals surface area contributed by atoms with Gasteiger partial charge in [0.1, 0.15) is 26.3 Å². The van der Waals surface area contributed by atoms with Crippen molar-refractivity contribution in [1.82, 2.24) is 25.0 Å². The number of hydrogen-bond acceptors (Lipinski definition) is 11. The number of fused-ring (bicyclic) bond motifs is 1. The van der Waals surface area contributed by atoms with Crippen LogP contribution in [-0.4, -0.2) is 72.9 Å². The maximum absolute atomic E-state index is 13.3. The van der Waals surface area contributed by atoms with Crippen LogP contribution < -0.4 is 9.61 Å². The molecule has 0 saturated carbocycles. The Bertz CT molecular complexity index is 2730. The van der Waals surface area contributed by atoms with Gasteiger partial charge < -0.3 is 4.18 Å². The van der Waals surface area contributed by atoms with E-state index in [1.807, 2.05) is 5.01 Å². The van der Waals surface area contributed by atoms with Gasteiger partial charge in [0.25, 0.3) is 26.1 Å². The molecule has 0 radical (unpaired) electrons. The molecule has 7 rings (SSSR count). The van der Waals surface area contributed by atoms with Gasteiger partial charge in [0, 0.05) is 52.5 Å². The molecule has 6 aromatic rings. The summed E-state index contributed by atoms with van der Waals surface area (Å²) in [6, 6.07) is 21.9. The fourth-order valence-electron chi connectivity index (χ4n) is 6.11. The van der Waals surface area contributed by atoms with Crippen LogP contribution in [0.5, 0.6) is 5.75 Å². The third kappa shape index (κ3) is 9.62. The molecular formula is C37H33Cl2N5O10S3. The van der Waals surface area contributed by atoms with Crippen LogP contribution in [0.15, 0.2) is 118 Å². The average molecular weight is 875 g/mol. The molecule has 2 aromatic heterocycles. The Kier molecular flexibility index (Phi) is 12.4. The molecule has 1 aliphatic rings. The lowest BCUT2D eigenvalue weighted by atomic mass is 10.1. The molecule has 1 fully saturated rings. The number of pyridine rings is 1. The van der Waals surface area contributed by atoms with Gasteiger partial charge in [0.15, 0.2) is 5.69 Å². The summed E-state index contributed by atoms with van der Waals surface area (Å²) in [5.41, 5.74) is 5.02. The van der Waals surface area contributed by atoms with E-state index in [4.69, 9.17) is 41.5 Å². The van der Waals surface area contributed by atoms with E-state index >= 15 is 0 Å². The van der Waals surface area contributed by atoms with Gasteiger partial charge in [-0.25, -0.2) is 9.99 Å². The second kappa shape index (κ2) is 16.9. The normalized spacial score (nSPS) is 13.8. The van der Waals surface area contributed by atoms with Crippen molar-refractivity contribution >= 4 is 70.2 Å². The van der Waals surface area contributed by atoms with Gasteiger partial charge in [-0.1, -0.05) is 53.9 Å². The lowest BCUT2D eigenvalue weighted by molar-refractivity contribution is 0.0744. The van der Waals surface area contributed by atoms with Crippen molar-refractivity contribution in [2.45, 2.75) is 40.9 Å². The highest BCUT2D eigenvalue weighted by Gasteiger charge is 2.25. The molecule has 0 aliphatic carbocycles. The van der Waals surface area contributed by atoms with Crippen LogP contribution in [0.4, 0.5) is 0 Å². The van der Waals surface area contributed by atoms with Gasteiger partial charge in [0.05, 0.1) is 10.7 Å². The third-order valence-electron chi connectivity index (χ3n) is 8.73. The lowest BCUT2D eigenvalue weighted by Crippen LogP contribution is -2.45. The number of carbonyl (C=O) groups excluding carboxylic acids is 1. The zero-order valence-electron chi connectivity index (χ0n) is 29.8. The molecule has 4 aromatic carbocycles. The summed E-state index contributed by atoms with van der Waals surface area (Å²) in [6.45, 7) is 3.36. The number of aromatic nitrogens is 3. The first-order valence-corrected chi connectivity index (χ1v) is 22.0. The molecule has 20 heteroatoms. The summed E-state index contributed by atoms with van der Waals surface area (Å²) in [6.07, 6.45) is 5.88. The number of imidazole rings is 1. The maximum atomic E-state index is 13.3. The molecule has 0 spiro atoms. The highest BCUT2D eigenvalue weighted by Crippen LogP contribution is 2.34. The highest BCUT2D eigenvalue weighted by atomic mass is 35.5. The van der Waals surface area contributed by atoms with E-state index < -0.39 is 40.1 Å². The number of hydrogen-bond donors (Lipinski definition) is 3. The zero-order valence-corrected chi connectivity index (χ0v) is 33.7. The van der Waals surface area contributed by atoms with Crippen LogP contribution in [0.3, 0.4) is 0 Å². The molecule has 1 amide bonds. The number of nitrogens with zero attached hydrogens (tertiary/aromatic N) is 4. The van der Waals surface area contributed by atoms with Gasteiger partial charge in [-0.3, -0.25) is 28.9 Å². The summed E-state index contributed by atoms with van der Waals surface area (Å²) in [4.78, 5) is 20.9. The number of halogens is 2. The van der Waals surface area contributed by atoms with Gasteiger partial charge in [-0.15, -0.1) is 0 Å². The van der Waals surface area contributed by atoms with Crippen LogP contribution >= 0.6 is 23.2 Å². The summed E-state index contributed by atoms with van der Waals surface area (Å²) >= 11 is 12.7. The molecule has 0 atom stereocenters. The molecule has 0 bridgehead atoms. The Morgan fingerprint density at radius 3 is 1.95 bits per heavy atom. The SMILES string of the molecule is Cc1c(C(=O)NN2CCCCC2)nc(-c2ccc(Cl)cc2Cl)n1-c1ccc(OS(=O)(=O)c2cccnc2)cc1.O=S(=O)(O)c1cccc2c(S(=O)(=O)O)cccc12. The summed E-state index contributed by atoms with van der Waals surface area (Å²) in [5.74, 6) is 0.242. The van der Waals surface area contributed by atoms with E-state index in [0.29, 0.717) is 32.8 Å². The fraction of sp³-hybridized carbons (Fsp3) is 0.162. The molecule has 298 valence electrons. The number of hydrazine groups is 1. The largest absolute Gasteiger partial charge is 0.379 e. The van der Waals surface area contributed by atoms with Crippen molar-refractivity contribution in [3.63, 3.8) is 0 Å². The molecule has 1 aliphatic heterocycles. The Morgan fingerprint density at radius 2 is 1.40 bits per heavy atom. The molecule has 0 unspecified atom stereocenters. The minimum atomic E-state index is -4.47. The predicted octanol–water partition coefficient (Wildman–Crippen LogP) is 6.78. The Balaban J connectivity index is 0.000000255. The number of piperidine rings is 1. The first-order chi connectivity index (χ1) is 26.9. The topological polar surface area (TPSA) is 215 Å². The van der Waals surface area contributed by atoms with Gasteiger partial charge in [-0.2, -0.15) is 25.3 Å². The van der Waals surface area contributed by atoms with Gasteiger partial charge >= 0.3 is 10.1 Å². The standard InChI is InChI=1S/C27H25Cl2N5O4S.C10H8O6S2/c1-18-25(27(35)32-33-14-3-2-4-15-33)31-26(23-12-7-19(28)16-24(23)29)34(18)20-8-10-21(11-9-20)38-39(36,37)22-6-5-13-30-17-22;11-17(12,13)9-5-1-3-7-8(9)4-2-6-10(7)18(14,15)16/h5-13,16-17H,2-4,14-15H2,1H3,(H,32,35);1-6H,(H,11,12,13)(H,14,15,16). The summed E-state index contributed by atoms with van der Waals surface area (Å²) in [5, 5.41) is 2.80. The lowest BCUT2D eigenvalue weighted by Gasteiger charge is -2.26. The Morgan fingerprint density at radius 1 is 0.789 bits per heavy atom. The fourth-order valence-corrected chi connectivity index (χ4v) is 8.91. The summed E-state index contributed by atoms with van der Waals surface area (Å²) < 4.78 is 95.0. The van der Waals surface area contributed by atoms with Crippen molar-refractivity contribution in [3.8, 4) is 22.8 Å². The Labute approximate surface area is 338 Å². The average Bonchev–Trinajstić information content (AvgIpc) is 3.51. The van der Waals surface area contributed by atoms with E-state index in [1.165, 1.54) is 60.9 Å². The highest BCUT2D eigenvalue weighted by molar-refractivity contribution is 7.87. The van der Waals surface area contributed by atoms with E-state index in [2.05, 4.69) is 10.4 Å². The second-order valence-corrected chi connectivity index (χ2v) is 17.8. The van der Waals surface area contributed by atoms with Crippen molar-refractivity contribution in [3.05, 3.63) is 125 Å². The maximum Gasteiger partial charge on any atom is 0.340 e. The van der Waals surface area contributed by atoms with E-state index in [0.717, 1.165) is 44.5 Å². The zero-order chi connectivity index (χ0) is 41.1. The van der Waals surface area contributed by atoms with Crippen LogP contribution in [-0.2, 0) is 30.4 Å². The molecule has 3 N–H and O–H groups in total. The molecule has 3 heterocycles. The molecule has 57 heavy (non-hydrogen) atoms. The second-order valence-electron chi connectivity index (χ2n) is 12.6. The van der Waals surface area contributed by atoms with Crippen LogP contribution in [0.2, 0.25) is 10.0 Å². The smallest absolute Gasteiger partial charge is 0.340 e. The molecular weight excluding hydrogens is 842 g/mol. The van der Waals surface area contributed by atoms with Crippen molar-refractivity contribution in [2.24, 2.45) is 0 Å². The van der Waals surface area contributed by atoms with Crippen molar-refractivity contribution in [1.29, 1.82) is 0 Å². The van der Waals surface area contributed by atoms with Crippen molar-refractivity contribution in [2.75, 3.05) is 13.1 Å². The molecule has 1 saturated heterocycles. The number of rotatable bonds is 9. The van der Waals surface area contributed by atoms with E-state index in [-0.39, 0.29) is 33.0 Å². The quantitative estimate of drug-likeness (QED) is 0.101.